The second-order valence-electron chi connectivity index (χ2n) is 6.11. The van der Waals surface area contributed by atoms with Gasteiger partial charge in [0.1, 0.15) is 0 Å². The molecule has 6 heteroatoms. The van der Waals surface area contributed by atoms with Gasteiger partial charge in [-0.05, 0) is 65.4 Å². The molecular weight excluding hydrogens is 469 g/mol. The van der Waals surface area contributed by atoms with Gasteiger partial charge in [-0.3, -0.25) is 14.7 Å². The Morgan fingerprint density at radius 1 is 1.07 bits per heavy atom. The highest BCUT2D eigenvalue weighted by atomic mass is 127. The summed E-state index contributed by atoms with van der Waals surface area (Å²) < 4.78 is 2.00. The molecule has 0 spiro atoms. The minimum Gasteiger partial charge on any atom is -0.278 e. The molecule has 4 rings (SSSR count). The molecule has 0 N–H and O–H groups in total. The molecule has 4 nitrogen and oxygen atoms in total. The molecule has 0 saturated heterocycles. The van der Waals surface area contributed by atoms with E-state index in [-0.39, 0.29) is 5.91 Å². The number of benzene rings is 2. The molecule has 0 bridgehead atoms. The van der Waals surface area contributed by atoms with Crippen LogP contribution in [0, 0.1) is 10.5 Å². The number of aromatic nitrogens is 2. The van der Waals surface area contributed by atoms with Crippen molar-refractivity contribution in [2.75, 3.05) is 4.90 Å². The van der Waals surface area contributed by atoms with Crippen LogP contribution >= 0.6 is 33.9 Å². The second kappa shape index (κ2) is 7.74. The van der Waals surface area contributed by atoms with Crippen LogP contribution in [-0.2, 0) is 6.54 Å². The fraction of sp³-hybridized carbons (Fsp3) is 0.0952. The Kier molecular flexibility index (Phi) is 5.18. The van der Waals surface area contributed by atoms with Crippen LogP contribution in [0.1, 0.15) is 21.6 Å². The quantitative estimate of drug-likeness (QED) is 0.361. The van der Waals surface area contributed by atoms with Crippen molar-refractivity contribution in [1.29, 1.82) is 0 Å². The Morgan fingerprint density at radius 3 is 2.63 bits per heavy atom. The molecule has 4 aromatic rings. The number of halogens is 1. The van der Waals surface area contributed by atoms with Gasteiger partial charge < -0.3 is 0 Å². The van der Waals surface area contributed by atoms with Gasteiger partial charge in [0.25, 0.3) is 5.91 Å². The Balaban J connectivity index is 1.81. The SMILES string of the molecule is Cc1cccc2sc(N(Cc3ccccn3)C(=O)c3ccccc3I)nc12. The Hall–Kier alpha value is -2.32. The van der Waals surface area contributed by atoms with Crippen LogP contribution in [0.15, 0.2) is 66.9 Å². The van der Waals surface area contributed by atoms with Crippen molar-refractivity contribution in [3.63, 3.8) is 0 Å². The lowest BCUT2D eigenvalue weighted by molar-refractivity contribution is 0.0984. The average Bonchev–Trinajstić information content (AvgIpc) is 3.12. The van der Waals surface area contributed by atoms with Gasteiger partial charge >= 0.3 is 0 Å². The summed E-state index contributed by atoms with van der Waals surface area (Å²) >= 11 is 3.73. The lowest BCUT2D eigenvalue weighted by Gasteiger charge is -2.20. The van der Waals surface area contributed by atoms with Gasteiger partial charge in [-0.15, -0.1) is 0 Å². The minimum atomic E-state index is -0.0673. The summed E-state index contributed by atoms with van der Waals surface area (Å²) in [5, 5.41) is 0.689. The summed E-state index contributed by atoms with van der Waals surface area (Å²) in [6, 6.07) is 19.4. The Morgan fingerprint density at radius 2 is 1.89 bits per heavy atom. The van der Waals surface area contributed by atoms with Crippen LogP contribution in [-0.4, -0.2) is 15.9 Å². The normalized spacial score (nSPS) is 10.9. The van der Waals surface area contributed by atoms with E-state index in [0.717, 1.165) is 25.0 Å². The van der Waals surface area contributed by atoms with Crippen molar-refractivity contribution < 1.29 is 4.79 Å². The molecule has 0 aliphatic rings. The van der Waals surface area contributed by atoms with Crippen molar-refractivity contribution in [3.8, 4) is 0 Å². The van der Waals surface area contributed by atoms with Gasteiger partial charge in [-0.2, -0.15) is 0 Å². The fourth-order valence-corrected chi connectivity index (χ4v) is 4.51. The summed E-state index contributed by atoms with van der Waals surface area (Å²) in [5.74, 6) is -0.0673. The maximum Gasteiger partial charge on any atom is 0.261 e. The maximum absolute atomic E-state index is 13.4. The third-order valence-electron chi connectivity index (χ3n) is 4.24. The largest absolute Gasteiger partial charge is 0.278 e. The smallest absolute Gasteiger partial charge is 0.261 e. The molecule has 2 aromatic heterocycles. The van der Waals surface area contributed by atoms with Crippen molar-refractivity contribution in [2.45, 2.75) is 13.5 Å². The summed E-state index contributed by atoms with van der Waals surface area (Å²) in [6.07, 6.45) is 1.74. The monoisotopic (exact) mass is 485 g/mol. The number of thiazole rings is 1. The van der Waals surface area contributed by atoms with Crippen LogP contribution in [0.5, 0.6) is 0 Å². The van der Waals surface area contributed by atoms with Gasteiger partial charge in [0.05, 0.1) is 28.0 Å². The van der Waals surface area contributed by atoms with Gasteiger partial charge in [0, 0.05) is 9.77 Å². The number of rotatable bonds is 4. The molecule has 2 aromatic carbocycles. The number of pyridine rings is 1. The predicted octanol–water partition coefficient (Wildman–Crippen LogP) is 5.45. The molecule has 0 unspecified atom stereocenters. The van der Waals surface area contributed by atoms with Gasteiger partial charge in [0.15, 0.2) is 5.13 Å². The third kappa shape index (κ3) is 3.72. The number of carbonyl (C=O) groups excluding carboxylic acids is 1. The number of para-hydroxylation sites is 1. The molecule has 0 fully saturated rings. The van der Waals surface area contributed by atoms with Crippen LogP contribution < -0.4 is 4.90 Å². The molecule has 0 aliphatic heterocycles. The average molecular weight is 485 g/mol. The van der Waals surface area contributed by atoms with Crippen LogP contribution in [0.2, 0.25) is 0 Å². The number of hydrogen-bond donors (Lipinski definition) is 0. The van der Waals surface area contributed by atoms with Gasteiger partial charge in [-0.1, -0.05) is 41.7 Å². The number of aryl methyl sites for hydroxylation is 1. The first-order valence-corrected chi connectivity index (χ1v) is 10.4. The minimum absolute atomic E-state index is 0.0673. The van der Waals surface area contributed by atoms with E-state index in [1.54, 1.807) is 11.1 Å². The van der Waals surface area contributed by atoms with E-state index in [4.69, 9.17) is 4.98 Å². The highest BCUT2D eigenvalue weighted by molar-refractivity contribution is 14.1. The first-order valence-electron chi connectivity index (χ1n) is 8.46. The van der Waals surface area contributed by atoms with E-state index < -0.39 is 0 Å². The van der Waals surface area contributed by atoms with Crippen molar-refractivity contribution in [3.05, 3.63) is 87.3 Å². The first-order chi connectivity index (χ1) is 13.1. The standard InChI is InChI=1S/C21H16IN3OS/c1-14-7-6-11-18-19(14)24-21(27-18)25(13-15-8-4-5-12-23-15)20(26)16-9-2-3-10-17(16)22/h2-12H,13H2,1H3. The summed E-state index contributed by atoms with van der Waals surface area (Å²) in [5.41, 5.74) is 3.55. The second-order valence-corrected chi connectivity index (χ2v) is 8.28. The Labute approximate surface area is 175 Å². The summed E-state index contributed by atoms with van der Waals surface area (Å²) in [6.45, 7) is 2.42. The van der Waals surface area contributed by atoms with Crippen molar-refractivity contribution >= 4 is 55.2 Å². The van der Waals surface area contributed by atoms with Gasteiger partial charge in [0.2, 0.25) is 0 Å². The molecule has 1 amide bonds. The van der Waals surface area contributed by atoms with E-state index >= 15 is 0 Å². The molecule has 0 saturated carbocycles. The molecule has 2 heterocycles. The van der Waals surface area contributed by atoms with Crippen LogP contribution in [0.4, 0.5) is 5.13 Å². The van der Waals surface area contributed by atoms with Gasteiger partial charge in [-0.25, -0.2) is 4.98 Å². The molecule has 27 heavy (non-hydrogen) atoms. The number of hydrogen-bond acceptors (Lipinski definition) is 4. The van der Waals surface area contributed by atoms with Crippen LogP contribution in [0.25, 0.3) is 10.2 Å². The van der Waals surface area contributed by atoms with E-state index in [1.165, 1.54) is 11.3 Å². The predicted molar refractivity (Wildman–Crippen MR) is 118 cm³/mol. The zero-order valence-corrected chi connectivity index (χ0v) is 17.6. The third-order valence-corrected chi connectivity index (χ3v) is 6.22. The summed E-state index contributed by atoms with van der Waals surface area (Å²) in [7, 11) is 0. The molecule has 0 atom stereocenters. The van der Waals surface area contributed by atoms with E-state index in [0.29, 0.717) is 17.2 Å². The number of carbonyl (C=O) groups is 1. The van der Waals surface area contributed by atoms with E-state index in [2.05, 4.69) is 27.6 Å². The lowest BCUT2D eigenvalue weighted by Crippen LogP contribution is -2.31. The van der Waals surface area contributed by atoms with Crippen LogP contribution in [0.3, 0.4) is 0 Å². The number of anilines is 1. The zero-order valence-electron chi connectivity index (χ0n) is 14.6. The van der Waals surface area contributed by atoms with Crippen molar-refractivity contribution in [1.82, 2.24) is 9.97 Å². The maximum atomic E-state index is 13.4. The molecule has 0 radical (unpaired) electrons. The lowest BCUT2D eigenvalue weighted by atomic mass is 10.2. The number of nitrogens with zero attached hydrogens (tertiary/aromatic N) is 3. The zero-order chi connectivity index (χ0) is 18.8. The highest BCUT2D eigenvalue weighted by Crippen LogP contribution is 2.32. The summed E-state index contributed by atoms with van der Waals surface area (Å²) in [4.78, 5) is 24.3. The Bertz CT molecular complexity index is 1110. The number of fused-ring (bicyclic) bond motifs is 1. The molecular formula is C21H16IN3OS. The topological polar surface area (TPSA) is 46.1 Å². The molecule has 134 valence electrons. The van der Waals surface area contributed by atoms with Crippen molar-refractivity contribution in [2.24, 2.45) is 0 Å². The van der Waals surface area contributed by atoms with E-state index in [9.17, 15) is 4.79 Å². The van der Waals surface area contributed by atoms with E-state index in [1.807, 2.05) is 67.6 Å². The number of amides is 1. The first kappa shape index (κ1) is 18.1. The fourth-order valence-electron chi connectivity index (χ4n) is 2.85. The molecule has 0 aliphatic carbocycles. The highest BCUT2D eigenvalue weighted by Gasteiger charge is 2.23.